The average molecular weight is 704 g/mol. The number of hydrogen-bond donors (Lipinski definition) is 0. The Balaban J connectivity index is 1.24. The van der Waals surface area contributed by atoms with Crippen LogP contribution in [0.1, 0.15) is 0 Å². The third-order valence-electron chi connectivity index (χ3n) is 10.1. The van der Waals surface area contributed by atoms with Crippen LogP contribution in [0.15, 0.2) is 205 Å². The van der Waals surface area contributed by atoms with Gasteiger partial charge in [-0.25, -0.2) is 15.0 Å². The summed E-state index contributed by atoms with van der Waals surface area (Å²) in [5.74, 6) is 1.81. The minimum Gasteiger partial charge on any atom is -0.455 e. The third-order valence-corrected chi connectivity index (χ3v) is 10.1. The topological polar surface area (TPSA) is 51.8 Å². The van der Waals surface area contributed by atoms with Gasteiger partial charge in [-0.05, 0) is 57.6 Å². The van der Waals surface area contributed by atoms with Gasteiger partial charge in [-0.3, -0.25) is 0 Å². The Morgan fingerprint density at radius 2 is 0.673 bits per heavy atom. The number of benzene rings is 8. The van der Waals surface area contributed by atoms with Crippen LogP contribution in [0, 0.1) is 0 Å². The quantitative estimate of drug-likeness (QED) is 0.166. The molecule has 2 aromatic heterocycles. The zero-order valence-corrected chi connectivity index (χ0v) is 29.8. The first-order valence-electron chi connectivity index (χ1n) is 18.4. The minimum absolute atomic E-state index is 0.585. The Kier molecular flexibility index (Phi) is 8.12. The molecule has 10 rings (SSSR count). The van der Waals surface area contributed by atoms with E-state index in [1.165, 1.54) is 5.56 Å². The molecule has 0 bridgehead atoms. The summed E-state index contributed by atoms with van der Waals surface area (Å²) in [6.07, 6.45) is 0. The van der Waals surface area contributed by atoms with Gasteiger partial charge < -0.3 is 4.42 Å². The second-order valence-electron chi connectivity index (χ2n) is 13.6. The molecule has 10 aromatic rings. The van der Waals surface area contributed by atoms with E-state index < -0.39 is 0 Å². The molecule has 0 amide bonds. The molecule has 0 N–H and O–H groups in total. The molecule has 0 aliphatic carbocycles. The van der Waals surface area contributed by atoms with Crippen molar-refractivity contribution in [2.24, 2.45) is 0 Å². The molecule has 0 aliphatic heterocycles. The smallest absolute Gasteiger partial charge is 0.164 e. The van der Waals surface area contributed by atoms with Crippen LogP contribution in [0.2, 0.25) is 0 Å². The third kappa shape index (κ3) is 6.06. The molecular weight excluding hydrogens is 671 g/mol. The Hall–Kier alpha value is -7.43. The van der Waals surface area contributed by atoms with Crippen molar-refractivity contribution in [2.45, 2.75) is 0 Å². The molecule has 0 saturated heterocycles. The maximum Gasteiger partial charge on any atom is 0.164 e. The molecule has 0 fully saturated rings. The fourth-order valence-corrected chi connectivity index (χ4v) is 7.47. The molecule has 0 spiro atoms. The van der Waals surface area contributed by atoms with Crippen molar-refractivity contribution < 1.29 is 4.42 Å². The van der Waals surface area contributed by atoms with Gasteiger partial charge >= 0.3 is 0 Å². The zero-order chi connectivity index (χ0) is 36.6. The fourth-order valence-electron chi connectivity index (χ4n) is 7.47. The Bertz CT molecular complexity index is 2900. The lowest BCUT2D eigenvalue weighted by Gasteiger charge is -2.11. The number of para-hydroxylation sites is 1. The van der Waals surface area contributed by atoms with Gasteiger partial charge in [0, 0.05) is 38.6 Å². The first-order valence-corrected chi connectivity index (χ1v) is 18.4. The van der Waals surface area contributed by atoms with Crippen LogP contribution >= 0.6 is 0 Å². The van der Waals surface area contributed by atoms with Crippen LogP contribution in [-0.4, -0.2) is 15.0 Å². The summed E-state index contributed by atoms with van der Waals surface area (Å²) in [7, 11) is 0. The molecule has 258 valence electrons. The summed E-state index contributed by atoms with van der Waals surface area (Å²) in [6, 6.07) is 69.2. The lowest BCUT2D eigenvalue weighted by Crippen LogP contribution is -2.00. The lowest BCUT2D eigenvalue weighted by atomic mass is 9.94. The molecule has 0 atom stereocenters. The predicted octanol–water partition coefficient (Wildman–Crippen LogP) is 13.4. The van der Waals surface area contributed by atoms with Gasteiger partial charge in [0.15, 0.2) is 17.5 Å². The maximum absolute atomic E-state index is 7.14. The standard InChI is InChI=1S/C51H33N3O/c1-5-16-34(17-6-1)38-24-13-26-40(32-38)42-28-15-29-44-46-45(51-53-49(36-20-9-3-10-21-36)52-50(54-51)37-22-11-4-12-23-37)31-30-43(48(46)55-47(42)44)41-27-14-25-39(33-41)35-18-7-2-8-19-35/h1-33H. The molecule has 0 aliphatic rings. The number of aromatic nitrogens is 3. The van der Waals surface area contributed by atoms with Crippen molar-refractivity contribution in [3.63, 3.8) is 0 Å². The number of nitrogens with zero attached hydrogens (tertiary/aromatic N) is 3. The highest BCUT2D eigenvalue weighted by Crippen LogP contribution is 2.45. The van der Waals surface area contributed by atoms with Crippen molar-refractivity contribution in [3.8, 4) is 78.7 Å². The first kappa shape index (κ1) is 32.2. The molecule has 2 heterocycles. The van der Waals surface area contributed by atoms with Gasteiger partial charge in [-0.2, -0.15) is 0 Å². The molecular formula is C51H33N3O. The number of furan rings is 1. The predicted molar refractivity (Wildman–Crippen MR) is 225 cm³/mol. The monoisotopic (exact) mass is 703 g/mol. The molecule has 4 nitrogen and oxygen atoms in total. The normalized spacial score (nSPS) is 11.3. The van der Waals surface area contributed by atoms with Crippen molar-refractivity contribution in [3.05, 3.63) is 200 Å². The lowest BCUT2D eigenvalue weighted by molar-refractivity contribution is 0.671. The van der Waals surface area contributed by atoms with E-state index in [4.69, 9.17) is 19.4 Å². The number of fused-ring (bicyclic) bond motifs is 3. The van der Waals surface area contributed by atoms with Gasteiger partial charge in [0.1, 0.15) is 11.2 Å². The zero-order valence-electron chi connectivity index (χ0n) is 29.8. The first-order chi connectivity index (χ1) is 27.3. The summed E-state index contributed by atoms with van der Waals surface area (Å²) in [5.41, 5.74) is 13.1. The van der Waals surface area contributed by atoms with Crippen molar-refractivity contribution >= 4 is 21.9 Å². The van der Waals surface area contributed by atoms with Crippen LogP contribution < -0.4 is 0 Å². The SMILES string of the molecule is c1ccc(-c2cccc(-c3cccc4c3oc3c(-c5cccc(-c6ccccc6)c5)ccc(-c5nc(-c6ccccc6)nc(-c6ccccc6)n5)c34)c2)cc1. The highest BCUT2D eigenvalue weighted by Gasteiger charge is 2.22. The average Bonchev–Trinajstić information content (AvgIpc) is 3.67. The second-order valence-corrected chi connectivity index (χ2v) is 13.6. The van der Waals surface area contributed by atoms with E-state index >= 15 is 0 Å². The van der Waals surface area contributed by atoms with Crippen LogP contribution in [0.3, 0.4) is 0 Å². The summed E-state index contributed by atoms with van der Waals surface area (Å²) in [5, 5.41) is 1.96. The van der Waals surface area contributed by atoms with E-state index in [0.29, 0.717) is 17.5 Å². The Morgan fingerprint density at radius 1 is 0.273 bits per heavy atom. The number of hydrogen-bond acceptors (Lipinski definition) is 4. The Morgan fingerprint density at radius 3 is 1.20 bits per heavy atom. The summed E-state index contributed by atoms with van der Waals surface area (Å²) >= 11 is 0. The molecule has 0 radical (unpaired) electrons. The van der Waals surface area contributed by atoms with Gasteiger partial charge in [-0.15, -0.1) is 0 Å². The van der Waals surface area contributed by atoms with E-state index in [-0.39, 0.29) is 0 Å². The fraction of sp³-hybridized carbons (Fsp3) is 0. The van der Waals surface area contributed by atoms with Gasteiger partial charge in [0.25, 0.3) is 0 Å². The van der Waals surface area contributed by atoms with E-state index in [9.17, 15) is 0 Å². The summed E-state index contributed by atoms with van der Waals surface area (Å²) in [6.45, 7) is 0. The van der Waals surface area contributed by atoms with Crippen molar-refractivity contribution in [2.75, 3.05) is 0 Å². The molecule has 8 aromatic carbocycles. The van der Waals surface area contributed by atoms with E-state index in [1.54, 1.807) is 0 Å². The van der Waals surface area contributed by atoms with Crippen LogP contribution in [0.25, 0.3) is 101 Å². The van der Waals surface area contributed by atoms with E-state index in [1.807, 2.05) is 72.8 Å². The highest BCUT2D eigenvalue weighted by molar-refractivity contribution is 6.18. The van der Waals surface area contributed by atoms with Crippen LogP contribution in [0.5, 0.6) is 0 Å². The minimum atomic E-state index is 0.585. The summed E-state index contributed by atoms with van der Waals surface area (Å²) in [4.78, 5) is 15.3. The maximum atomic E-state index is 7.14. The van der Waals surface area contributed by atoms with Crippen molar-refractivity contribution in [1.82, 2.24) is 15.0 Å². The number of rotatable bonds is 7. The molecule has 0 saturated carbocycles. The van der Waals surface area contributed by atoms with Crippen LogP contribution in [0.4, 0.5) is 0 Å². The second kappa shape index (κ2) is 13.8. The highest BCUT2D eigenvalue weighted by atomic mass is 16.3. The largest absolute Gasteiger partial charge is 0.455 e. The van der Waals surface area contributed by atoms with Gasteiger partial charge in [-0.1, -0.05) is 176 Å². The molecule has 0 unspecified atom stereocenters. The summed E-state index contributed by atoms with van der Waals surface area (Å²) < 4.78 is 7.14. The van der Waals surface area contributed by atoms with E-state index in [0.717, 1.165) is 77.6 Å². The van der Waals surface area contributed by atoms with Crippen molar-refractivity contribution in [1.29, 1.82) is 0 Å². The molecule has 4 heteroatoms. The van der Waals surface area contributed by atoms with Crippen LogP contribution in [-0.2, 0) is 0 Å². The van der Waals surface area contributed by atoms with Gasteiger partial charge in [0.05, 0.1) is 0 Å². The Labute approximate surface area is 319 Å². The molecule has 55 heavy (non-hydrogen) atoms. The van der Waals surface area contributed by atoms with E-state index in [2.05, 4.69) is 127 Å². The van der Waals surface area contributed by atoms with Gasteiger partial charge in [0.2, 0.25) is 0 Å².